The first-order chi connectivity index (χ1) is 18.0. The first kappa shape index (κ1) is 29.7. The number of carbonyl (C=O) groups is 2. The molecule has 2 aromatic carbocycles. The number of rotatable bonds is 9. The van der Waals surface area contributed by atoms with Crippen LogP contribution < -0.4 is 15.2 Å². The van der Waals surface area contributed by atoms with Crippen LogP contribution in [0.2, 0.25) is 10.0 Å². The topological polar surface area (TPSA) is 177 Å². The Labute approximate surface area is 233 Å². The highest BCUT2D eigenvalue weighted by atomic mass is 35.5. The summed E-state index contributed by atoms with van der Waals surface area (Å²) in [6.07, 6.45) is -0.577. The van der Waals surface area contributed by atoms with Gasteiger partial charge in [0.05, 0.1) is 15.3 Å². The summed E-state index contributed by atoms with van der Waals surface area (Å²) in [5.41, 5.74) is 3.11. The quantitative estimate of drug-likeness (QED) is 0.316. The zero-order valence-corrected chi connectivity index (χ0v) is 23.0. The molecule has 1 saturated heterocycles. The molecule has 1 fully saturated rings. The van der Waals surface area contributed by atoms with Crippen LogP contribution in [0.3, 0.4) is 0 Å². The van der Waals surface area contributed by atoms with E-state index in [1.165, 1.54) is 23.1 Å². The van der Waals surface area contributed by atoms with E-state index in [1.807, 2.05) is 0 Å². The van der Waals surface area contributed by atoms with Gasteiger partial charge in [-0.2, -0.15) is 0 Å². The Kier molecular flexibility index (Phi) is 8.46. The van der Waals surface area contributed by atoms with Gasteiger partial charge in [-0.05, 0) is 45.4 Å². The Balaban J connectivity index is 1.89. The number of nitrogens with two attached hydrogens (primary N) is 1. The van der Waals surface area contributed by atoms with Gasteiger partial charge in [0.1, 0.15) is 30.3 Å². The number of hydrogen-bond donors (Lipinski definition) is 1. The molecule has 0 aliphatic carbocycles. The van der Waals surface area contributed by atoms with E-state index in [0.29, 0.717) is 5.56 Å². The second-order valence-corrected chi connectivity index (χ2v) is 11.0. The second kappa shape index (κ2) is 11.1. The zero-order chi connectivity index (χ0) is 29.3. The number of hydrogen-bond acceptors (Lipinski definition) is 9. The third-order valence-corrected chi connectivity index (χ3v) is 6.39. The third-order valence-electron chi connectivity index (χ3n) is 5.63. The molecular formula is C24H26Cl2N4O9. The van der Waals surface area contributed by atoms with E-state index in [4.69, 9.17) is 43.1 Å². The maximum atomic E-state index is 12.6. The zero-order valence-electron chi connectivity index (χ0n) is 21.5. The molecule has 0 bridgehead atoms. The fourth-order valence-corrected chi connectivity index (χ4v) is 4.29. The summed E-state index contributed by atoms with van der Waals surface area (Å²) in [5, 5.41) is 22.2. The van der Waals surface area contributed by atoms with E-state index in [1.54, 1.807) is 27.7 Å². The SMILES string of the molecule is Cc1cc(OCC2(COc3cc(C(N)=O)cc([N+](=O)[O-])c3Cl)CN(C(=O)OC(C)(C)C)C2)c(Cl)c([N+](=O)[O-])c1. The Morgan fingerprint density at radius 2 is 1.46 bits per heavy atom. The predicted octanol–water partition coefficient (Wildman–Crippen LogP) is 4.91. The number of nitro groups is 2. The molecule has 0 aromatic heterocycles. The molecule has 13 nitrogen and oxygen atoms in total. The lowest BCUT2D eigenvalue weighted by Gasteiger charge is -2.49. The normalized spacial score (nSPS) is 14.3. The lowest BCUT2D eigenvalue weighted by molar-refractivity contribution is -0.384. The van der Waals surface area contributed by atoms with E-state index in [9.17, 15) is 29.8 Å². The fraction of sp³-hybridized carbons (Fsp3) is 0.417. The number of amides is 2. The van der Waals surface area contributed by atoms with E-state index >= 15 is 0 Å². The first-order valence-electron chi connectivity index (χ1n) is 11.5. The average molecular weight is 585 g/mol. The number of ether oxygens (including phenoxy) is 3. The third kappa shape index (κ3) is 6.98. The Morgan fingerprint density at radius 3 is 1.92 bits per heavy atom. The monoisotopic (exact) mass is 584 g/mol. The van der Waals surface area contributed by atoms with Gasteiger partial charge in [0.25, 0.3) is 11.4 Å². The Hall–Kier alpha value is -3.84. The van der Waals surface area contributed by atoms with Crippen LogP contribution in [0.25, 0.3) is 0 Å². The number of nitrogens with zero attached hydrogens (tertiary/aromatic N) is 3. The molecule has 0 unspecified atom stereocenters. The molecule has 0 saturated carbocycles. The van der Waals surface area contributed by atoms with E-state index in [2.05, 4.69) is 0 Å². The summed E-state index contributed by atoms with van der Waals surface area (Å²) >= 11 is 12.4. The lowest BCUT2D eigenvalue weighted by Crippen LogP contribution is -2.64. The van der Waals surface area contributed by atoms with Crippen molar-refractivity contribution in [3.63, 3.8) is 0 Å². The molecule has 0 atom stereocenters. The first-order valence-corrected chi connectivity index (χ1v) is 12.2. The minimum Gasteiger partial charge on any atom is -0.491 e. The molecule has 2 amide bonds. The van der Waals surface area contributed by atoms with Gasteiger partial charge in [0.2, 0.25) is 5.91 Å². The minimum absolute atomic E-state index is 0.0582. The summed E-state index contributed by atoms with van der Waals surface area (Å²) in [5.74, 6) is -1.03. The molecular weight excluding hydrogens is 559 g/mol. The average Bonchev–Trinajstić information content (AvgIpc) is 2.78. The number of primary amides is 1. The summed E-state index contributed by atoms with van der Waals surface area (Å²) in [6.45, 7) is 6.69. The van der Waals surface area contributed by atoms with E-state index in [-0.39, 0.29) is 59.1 Å². The summed E-state index contributed by atoms with van der Waals surface area (Å²) < 4.78 is 17.1. The number of carbonyl (C=O) groups excluding carboxylic acids is 2. The van der Waals surface area contributed by atoms with Gasteiger partial charge in [-0.3, -0.25) is 25.0 Å². The van der Waals surface area contributed by atoms with Crippen LogP contribution >= 0.6 is 23.2 Å². The van der Waals surface area contributed by atoms with Crippen molar-refractivity contribution in [3.8, 4) is 11.5 Å². The Bertz CT molecular complexity index is 1340. The fourth-order valence-electron chi connectivity index (χ4n) is 3.82. The summed E-state index contributed by atoms with van der Waals surface area (Å²) in [4.78, 5) is 47.0. The minimum atomic E-state index is -0.923. The van der Waals surface area contributed by atoms with E-state index in [0.717, 1.165) is 6.07 Å². The number of likely N-dealkylation sites (tertiary alicyclic amines) is 1. The van der Waals surface area contributed by atoms with Crippen LogP contribution in [-0.4, -0.2) is 58.7 Å². The van der Waals surface area contributed by atoms with Crippen molar-refractivity contribution in [1.82, 2.24) is 4.90 Å². The van der Waals surface area contributed by atoms with Crippen molar-refractivity contribution in [2.24, 2.45) is 11.1 Å². The molecule has 39 heavy (non-hydrogen) atoms. The lowest BCUT2D eigenvalue weighted by atomic mass is 9.81. The van der Waals surface area contributed by atoms with Gasteiger partial charge in [0.15, 0.2) is 10.0 Å². The molecule has 2 aromatic rings. The van der Waals surface area contributed by atoms with Gasteiger partial charge < -0.3 is 24.8 Å². The van der Waals surface area contributed by atoms with Crippen molar-refractivity contribution in [3.05, 3.63) is 65.7 Å². The van der Waals surface area contributed by atoms with Crippen molar-refractivity contribution in [1.29, 1.82) is 0 Å². The van der Waals surface area contributed by atoms with Gasteiger partial charge >= 0.3 is 6.09 Å². The Morgan fingerprint density at radius 1 is 0.974 bits per heavy atom. The smallest absolute Gasteiger partial charge is 0.410 e. The molecule has 3 rings (SSSR count). The van der Waals surface area contributed by atoms with Crippen LogP contribution in [0.5, 0.6) is 11.5 Å². The van der Waals surface area contributed by atoms with Gasteiger partial charge in [-0.25, -0.2) is 4.79 Å². The summed E-state index contributed by atoms with van der Waals surface area (Å²) in [7, 11) is 0. The van der Waals surface area contributed by atoms with Crippen LogP contribution in [-0.2, 0) is 4.74 Å². The van der Waals surface area contributed by atoms with Crippen molar-refractivity contribution in [2.45, 2.75) is 33.3 Å². The molecule has 2 N–H and O–H groups in total. The molecule has 15 heteroatoms. The standard InChI is InChI=1S/C24H26Cl2N4O9/c1-13-5-15(29(33)34)19(25)17(6-13)37-11-24(9-28(10-24)22(32)39-23(2,3)4)12-38-18-8-14(21(27)31)7-16(20(18)26)30(35)36/h5-8H,9-12H2,1-4H3,(H2,27,31). The molecule has 1 heterocycles. The number of halogens is 2. The summed E-state index contributed by atoms with van der Waals surface area (Å²) in [6, 6.07) is 4.96. The van der Waals surface area contributed by atoms with Crippen LogP contribution in [0.4, 0.5) is 16.2 Å². The van der Waals surface area contributed by atoms with E-state index < -0.39 is 38.6 Å². The van der Waals surface area contributed by atoms with Crippen molar-refractivity contribution in [2.75, 3.05) is 26.3 Å². The molecule has 210 valence electrons. The molecule has 1 aliphatic heterocycles. The van der Waals surface area contributed by atoms with Crippen LogP contribution in [0, 0.1) is 32.6 Å². The number of aryl methyl sites for hydroxylation is 1. The van der Waals surface area contributed by atoms with Crippen molar-refractivity contribution >= 4 is 46.6 Å². The van der Waals surface area contributed by atoms with Gasteiger partial charge in [-0.15, -0.1) is 0 Å². The second-order valence-electron chi connectivity index (χ2n) is 10.2. The van der Waals surface area contributed by atoms with Crippen LogP contribution in [0.15, 0.2) is 24.3 Å². The highest BCUT2D eigenvalue weighted by Gasteiger charge is 2.48. The van der Waals surface area contributed by atoms with Crippen molar-refractivity contribution < 1.29 is 33.6 Å². The highest BCUT2D eigenvalue weighted by Crippen LogP contribution is 2.40. The molecule has 0 spiro atoms. The van der Waals surface area contributed by atoms with Crippen LogP contribution in [0.1, 0.15) is 36.7 Å². The maximum Gasteiger partial charge on any atom is 0.410 e. The number of nitro benzene ring substituents is 2. The van der Waals surface area contributed by atoms with Gasteiger partial charge in [0, 0.05) is 30.8 Å². The number of benzene rings is 2. The molecule has 0 radical (unpaired) electrons. The predicted molar refractivity (Wildman–Crippen MR) is 141 cm³/mol. The maximum absolute atomic E-state index is 12.6. The largest absolute Gasteiger partial charge is 0.491 e. The highest BCUT2D eigenvalue weighted by molar-refractivity contribution is 6.34. The molecule has 1 aliphatic rings. The van der Waals surface area contributed by atoms with Gasteiger partial charge in [-0.1, -0.05) is 23.2 Å².